The zero-order valence-corrected chi connectivity index (χ0v) is 11.6. The van der Waals surface area contributed by atoms with Crippen molar-refractivity contribution in [2.75, 3.05) is 24.6 Å². The van der Waals surface area contributed by atoms with Gasteiger partial charge in [-0.25, -0.2) is 4.39 Å². The fourth-order valence-electron chi connectivity index (χ4n) is 2.65. The Hall–Kier alpha value is -1.13. The van der Waals surface area contributed by atoms with E-state index in [0.717, 1.165) is 31.6 Å². The molecule has 0 saturated carbocycles. The Balaban J connectivity index is 2.26. The van der Waals surface area contributed by atoms with Gasteiger partial charge in [-0.05, 0) is 50.3 Å². The van der Waals surface area contributed by atoms with E-state index in [1.165, 1.54) is 6.07 Å². The van der Waals surface area contributed by atoms with Crippen LogP contribution in [0, 0.1) is 18.7 Å². The van der Waals surface area contributed by atoms with Gasteiger partial charge in [0, 0.05) is 30.9 Å². The van der Waals surface area contributed by atoms with Crippen LogP contribution in [0.25, 0.3) is 0 Å². The molecule has 0 radical (unpaired) electrons. The number of piperidine rings is 1. The Morgan fingerprint density at radius 1 is 1.37 bits per heavy atom. The van der Waals surface area contributed by atoms with E-state index in [1.807, 2.05) is 6.07 Å². The van der Waals surface area contributed by atoms with Crippen LogP contribution in [0.2, 0.25) is 0 Å². The fourth-order valence-corrected chi connectivity index (χ4v) is 2.65. The van der Waals surface area contributed by atoms with Crippen molar-refractivity contribution in [3.63, 3.8) is 0 Å². The summed E-state index contributed by atoms with van der Waals surface area (Å²) in [5.41, 5.74) is 2.17. The van der Waals surface area contributed by atoms with Crippen molar-refractivity contribution >= 4 is 5.69 Å². The van der Waals surface area contributed by atoms with Gasteiger partial charge in [-0.2, -0.15) is 0 Å². The molecule has 4 heteroatoms. The van der Waals surface area contributed by atoms with Crippen molar-refractivity contribution in [3.8, 4) is 0 Å². The zero-order chi connectivity index (χ0) is 14.0. The van der Waals surface area contributed by atoms with Gasteiger partial charge in [0.15, 0.2) is 0 Å². The Morgan fingerprint density at radius 2 is 2.00 bits per heavy atom. The fraction of sp³-hybridized carbons (Fsp3) is 0.600. The monoisotopic (exact) mass is 267 g/mol. The minimum absolute atomic E-state index is 0.236. The Morgan fingerprint density at radius 3 is 2.53 bits per heavy atom. The smallest absolute Gasteiger partial charge is 0.126 e. The van der Waals surface area contributed by atoms with Gasteiger partial charge in [0.05, 0.1) is 6.10 Å². The molecule has 1 fully saturated rings. The first kappa shape index (κ1) is 14.3. The highest BCUT2D eigenvalue weighted by molar-refractivity contribution is 5.57. The molecule has 19 heavy (non-hydrogen) atoms. The van der Waals surface area contributed by atoms with Gasteiger partial charge in [0.2, 0.25) is 0 Å². The van der Waals surface area contributed by atoms with Crippen LogP contribution >= 0.6 is 0 Å². The van der Waals surface area contributed by atoms with E-state index >= 15 is 0 Å². The SMILES string of the molecule is Cc1cc(N2CCC(CO)CC2)c([C@@H](C)O)cc1F. The third kappa shape index (κ3) is 3.07. The maximum atomic E-state index is 13.6. The Kier molecular flexibility index (Phi) is 4.42. The normalized spacial score (nSPS) is 18.7. The van der Waals surface area contributed by atoms with Crippen LogP contribution in [0.15, 0.2) is 12.1 Å². The standard InChI is InChI=1S/C15H22FNO2/c1-10-7-15(13(11(2)19)8-14(10)16)17-5-3-12(9-18)4-6-17/h7-8,11-12,18-19H,3-6,9H2,1-2H3/t11-/m1/s1. The first-order valence-electron chi connectivity index (χ1n) is 6.86. The molecule has 106 valence electrons. The van der Waals surface area contributed by atoms with Crippen molar-refractivity contribution in [1.29, 1.82) is 0 Å². The minimum atomic E-state index is -0.680. The molecule has 2 N–H and O–H groups in total. The minimum Gasteiger partial charge on any atom is -0.396 e. The second-order valence-electron chi connectivity index (χ2n) is 5.45. The van der Waals surface area contributed by atoms with E-state index in [2.05, 4.69) is 4.90 Å². The van der Waals surface area contributed by atoms with Crippen molar-refractivity contribution in [2.24, 2.45) is 5.92 Å². The summed E-state index contributed by atoms with van der Waals surface area (Å²) in [7, 11) is 0. The van der Waals surface area contributed by atoms with Crippen molar-refractivity contribution in [1.82, 2.24) is 0 Å². The molecule has 1 heterocycles. The van der Waals surface area contributed by atoms with E-state index in [4.69, 9.17) is 5.11 Å². The van der Waals surface area contributed by atoms with Crippen LogP contribution in [-0.2, 0) is 0 Å². The summed E-state index contributed by atoms with van der Waals surface area (Å²) in [6.45, 7) is 5.32. The highest BCUT2D eigenvalue weighted by Crippen LogP contribution is 2.32. The van der Waals surface area contributed by atoms with Crippen LogP contribution in [-0.4, -0.2) is 29.9 Å². The molecule has 1 aromatic carbocycles. The molecule has 1 aliphatic heterocycles. The highest BCUT2D eigenvalue weighted by Gasteiger charge is 2.22. The predicted octanol–water partition coefficient (Wildman–Crippen LogP) is 2.40. The average molecular weight is 267 g/mol. The first-order valence-corrected chi connectivity index (χ1v) is 6.86. The molecule has 0 amide bonds. The highest BCUT2D eigenvalue weighted by atomic mass is 19.1. The number of aliphatic hydroxyl groups excluding tert-OH is 2. The summed E-state index contributed by atoms with van der Waals surface area (Å²) in [5, 5.41) is 19.0. The first-order chi connectivity index (χ1) is 9.02. The molecule has 1 aliphatic rings. The van der Waals surface area contributed by atoms with Crippen molar-refractivity contribution in [2.45, 2.75) is 32.8 Å². The van der Waals surface area contributed by atoms with Gasteiger partial charge in [-0.3, -0.25) is 0 Å². The quantitative estimate of drug-likeness (QED) is 0.884. The van der Waals surface area contributed by atoms with Crippen LogP contribution in [0.5, 0.6) is 0 Å². The lowest BCUT2D eigenvalue weighted by Gasteiger charge is -2.34. The maximum absolute atomic E-state index is 13.6. The second kappa shape index (κ2) is 5.88. The number of rotatable bonds is 3. The molecular formula is C15H22FNO2. The average Bonchev–Trinajstić information content (AvgIpc) is 2.41. The number of nitrogens with zero attached hydrogens (tertiary/aromatic N) is 1. The number of hydrogen-bond acceptors (Lipinski definition) is 3. The maximum Gasteiger partial charge on any atom is 0.126 e. The molecule has 2 rings (SSSR count). The molecule has 1 saturated heterocycles. The lowest BCUT2D eigenvalue weighted by molar-refractivity contribution is 0.195. The third-order valence-electron chi connectivity index (χ3n) is 3.97. The van der Waals surface area contributed by atoms with Gasteiger partial charge in [0.1, 0.15) is 5.82 Å². The van der Waals surface area contributed by atoms with Crippen LogP contribution in [0.1, 0.15) is 37.0 Å². The number of aliphatic hydroxyl groups is 2. The topological polar surface area (TPSA) is 43.7 Å². The van der Waals surface area contributed by atoms with Crippen LogP contribution in [0.3, 0.4) is 0 Å². The van der Waals surface area contributed by atoms with E-state index in [0.29, 0.717) is 17.0 Å². The van der Waals surface area contributed by atoms with Gasteiger partial charge >= 0.3 is 0 Å². The van der Waals surface area contributed by atoms with E-state index in [9.17, 15) is 9.50 Å². The molecule has 0 bridgehead atoms. The largest absolute Gasteiger partial charge is 0.396 e. The summed E-state index contributed by atoms with van der Waals surface area (Å²) < 4.78 is 13.6. The van der Waals surface area contributed by atoms with Gasteiger partial charge < -0.3 is 15.1 Å². The zero-order valence-electron chi connectivity index (χ0n) is 11.6. The number of aryl methyl sites for hydroxylation is 1. The molecule has 0 aromatic heterocycles. The van der Waals surface area contributed by atoms with Gasteiger partial charge in [-0.15, -0.1) is 0 Å². The number of anilines is 1. The molecular weight excluding hydrogens is 245 g/mol. The van der Waals surface area contributed by atoms with Gasteiger partial charge in [0.25, 0.3) is 0 Å². The number of hydrogen-bond donors (Lipinski definition) is 2. The predicted molar refractivity (Wildman–Crippen MR) is 73.8 cm³/mol. The van der Waals surface area contributed by atoms with Crippen molar-refractivity contribution in [3.05, 3.63) is 29.1 Å². The lowest BCUT2D eigenvalue weighted by atomic mass is 9.95. The molecule has 3 nitrogen and oxygen atoms in total. The summed E-state index contributed by atoms with van der Waals surface area (Å²) in [6, 6.07) is 3.25. The molecule has 1 aromatic rings. The summed E-state index contributed by atoms with van der Waals surface area (Å²) in [6.07, 6.45) is 1.19. The van der Waals surface area contributed by atoms with E-state index < -0.39 is 6.10 Å². The third-order valence-corrected chi connectivity index (χ3v) is 3.97. The number of halogens is 1. The summed E-state index contributed by atoms with van der Waals surface area (Å²) in [5.74, 6) is 0.0951. The Bertz CT molecular complexity index is 440. The molecule has 0 unspecified atom stereocenters. The number of benzene rings is 1. The van der Waals surface area contributed by atoms with Gasteiger partial charge in [-0.1, -0.05) is 0 Å². The van der Waals surface area contributed by atoms with E-state index in [-0.39, 0.29) is 12.4 Å². The van der Waals surface area contributed by atoms with Crippen LogP contribution in [0.4, 0.5) is 10.1 Å². The lowest BCUT2D eigenvalue weighted by Crippen LogP contribution is -2.35. The van der Waals surface area contributed by atoms with Crippen molar-refractivity contribution < 1.29 is 14.6 Å². The Labute approximate surface area is 113 Å². The summed E-state index contributed by atoms with van der Waals surface area (Å²) in [4.78, 5) is 2.18. The van der Waals surface area contributed by atoms with E-state index in [1.54, 1.807) is 13.8 Å². The van der Waals surface area contributed by atoms with Crippen LogP contribution < -0.4 is 4.90 Å². The second-order valence-corrected chi connectivity index (χ2v) is 5.45. The summed E-state index contributed by atoms with van der Waals surface area (Å²) >= 11 is 0. The molecule has 1 atom stereocenters. The molecule has 0 aliphatic carbocycles. The molecule has 0 spiro atoms.